The zero-order valence-electron chi connectivity index (χ0n) is 15.2. The second-order valence-corrected chi connectivity index (χ2v) is 6.85. The number of hydrogen-bond donors (Lipinski definition) is 2. The number of nitrogens with zero attached hydrogens (tertiary/aromatic N) is 1. The Morgan fingerprint density at radius 2 is 1.66 bits per heavy atom. The van der Waals surface area contributed by atoms with Gasteiger partial charge < -0.3 is 15.4 Å². The van der Waals surface area contributed by atoms with Crippen LogP contribution < -0.4 is 5.73 Å². The van der Waals surface area contributed by atoms with Crippen molar-refractivity contribution in [2.75, 3.05) is 0 Å². The quantitative estimate of drug-likeness (QED) is 0.533. The van der Waals surface area contributed by atoms with Gasteiger partial charge in [0.05, 0.1) is 17.7 Å². The average molecular weight is 398 g/mol. The topological polar surface area (TPSA) is 68.2 Å². The summed E-state index contributed by atoms with van der Waals surface area (Å²) in [6.45, 7) is 0.148. The average Bonchev–Trinajstić information content (AvgIpc) is 3.00. The van der Waals surface area contributed by atoms with Gasteiger partial charge in [0.25, 0.3) is 0 Å². The molecule has 1 aromatic heterocycles. The third kappa shape index (κ3) is 3.34. The van der Waals surface area contributed by atoms with E-state index in [-0.39, 0.29) is 6.61 Å². The van der Waals surface area contributed by atoms with Gasteiger partial charge in [-0.2, -0.15) is 13.2 Å². The molecule has 3 aromatic carbocycles. The first-order valence-corrected chi connectivity index (χ1v) is 8.90. The van der Waals surface area contributed by atoms with E-state index in [9.17, 15) is 23.1 Å². The molecule has 0 radical (unpaired) electrons. The molecule has 0 spiro atoms. The number of fused-ring (bicyclic) bond motifs is 3. The number of benzene rings is 3. The van der Waals surface area contributed by atoms with Gasteiger partial charge in [-0.3, -0.25) is 4.79 Å². The normalized spacial score (nSPS) is 12.0. The molecular weight excluding hydrogens is 381 g/mol. The number of nitrogens with two attached hydrogens (primary N) is 1. The minimum Gasteiger partial charge on any atom is -0.392 e. The Bertz CT molecular complexity index is 1220. The van der Waals surface area contributed by atoms with Crippen LogP contribution in [0.3, 0.4) is 0 Å². The first-order valence-electron chi connectivity index (χ1n) is 8.90. The van der Waals surface area contributed by atoms with E-state index in [1.165, 1.54) is 12.1 Å². The second kappa shape index (κ2) is 6.93. The molecule has 3 N–H and O–H groups in total. The Morgan fingerprint density at radius 1 is 0.966 bits per heavy atom. The van der Waals surface area contributed by atoms with E-state index in [4.69, 9.17) is 5.73 Å². The number of rotatable bonds is 4. The van der Waals surface area contributed by atoms with E-state index < -0.39 is 17.6 Å². The number of hydrogen-bond acceptors (Lipinski definition) is 2. The van der Waals surface area contributed by atoms with Crippen molar-refractivity contribution < 1.29 is 23.1 Å². The summed E-state index contributed by atoms with van der Waals surface area (Å²) in [6, 6.07) is 15.6. The van der Waals surface area contributed by atoms with E-state index in [1.807, 2.05) is 22.8 Å². The van der Waals surface area contributed by atoms with Crippen LogP contribution in [0.5, 0.6) is 0 Å². The molecule has 4 rings (SSSR count). The van der Waals surface area contributed by atoms with Crippen LogP contribution >= 0.6 is 0 Å². The molecular formula is C22H17F3N2O2. The molecule has 0 aliphatic carbocycles. The fourth-order valence-corrected chi connectivity index (χ4v) is 3.65. The summed E-state index contributed by atoms with van der Waals surface area (Å²) in [5, 5.41) is 11.0. The molecule has 0 aliphatic heterocycles. The Kier molecular flexibility index (Phi) is 4.55. The summed E-state index contributed by atoms with van der Waals surface area (Å²) in [4.78, 5) is 11.9. The van der Waals surface area contributed by atoms with Crippen LogP contribution in [-0.2, 0) is 19.3 Å². The number of carbonyl (C=O) groups excluding carboxylic acids is 1. The highest BCUT2D eigenvalue weighted by molar-refractivity contribution is 6.17. The third-order valence-corrected chi connectivity index (χ3v) is 5.03. The lowest BCUT2D eigenvalue weighted by Gasteiger charge is -2.11. The van der Waals surface area contributed by atoms with Crippen molar-refractivity contribution in [2.45, 2.75) is 19.3 Å². The smallest absolute Gasteiger partial charge is 0.392 e. The lowest BCUT2D eigenvalue weighted by atomic mass is 10.0. The number of aliphatic hydroxyl groups is 1. The van der Waals surface area contributed by atoms with E-state index in [2.05, 4.69) is 0 Å². The summed E-state index contributed by atoms with van der Waals surface area (Å²) >= 11 is 0. The van der Waals surface area contributed by atoms with Crippen molar-refractivity contribution >= 4 is 27.7 Å². The van der Waals surface area contributed by atoms with E-state index in [0.29, 0.717) is 28.6 Å². The molecule has 1 amide bonds. The number of alkyl halides is 3. The summed E-state index contributed by atoms with van der Waals surface area (Å²) in [5.41, 5.74) is 8.09. The van der Waals surface area contributed by atoms with Gasteiger partial charge in [-0.25, -0.2) is 0 Å². The molecule has 4 aromatic rings. The van der Waals surface area contributed by atoms with Crippen molar-refractivity contribution in [3.8, 4) is 0 Å². The van der Waals surface area contributed by atoms with Crippen LogP contribution in [0.25, 0.3) is 21.8 Å². The molecule has 0 atom stereocenters. The number of aliphatic hydroxyl groups excluding tert-OH is 1. The Morgan fingerprint density at radius 3 is 2.28 bits per heavy atom. The Balaban J connectivity index is 1.92. The third-order valence-electron chi connectivity index (χ3n) is 5.03. The largest absolute Gasteiger partial charge is 0.416 e. The molecule has 0 bridgehead atoms. The van der Waals surface area contributed by atoms with Crippen LogP contribution in [0.1, 0.15) is 27.0 Å². The van der Waals surface area contributed by atoms with Crippen molar-refractivity contribution in [1.29, 1.82) is 0 Å². The molecule has 0 fully saturated rings. The first kappa shape index (κ1) is 19.0. The van der Waals surface area contributed by atoms with Gasteiger partial charge >= 0.3 is 6.18 Å². The maximum absolute atomic E-state index is 12.8. The van der Waals surface area contributed by atoms with Crippen LogP contribution in [0.4, 0.5) is 13.2 Å². The fourth-order valence-electron chi connectivity index (χ4n) is 3.65. The molecule has 0 saturated heterocycles. The van der Waals surface area contributed by atoms with Crippen LogP contribution in [0.2, 0.25) is 0 Å². The molecule has 0 saturated carbocycles. The van der Waals surface area contributed by atoms with Gasteiger partial charge in [0, 0.05) is 28.4 Å². The van der Waals surface area contributed by atoms with Gasteiger partial charge in [-0.05, 0) is 41.5 Å². The van der Waals surface area contributed by atoms with E-state index in [0.717, 1.165) is 28.6 Å². The van der Waals surface area contributed by atoms with Gasteiger partial charge in [-0.1, -0.05) is 30.3 Å². The van der Waals surface area contributed by atoms with Crippen molar-refractivity contribution in [3.05, 3.63) is 82.9 Å². The van der Waals surface area contributed by atoms with Gasteiger partial charge in [-0.15, -0.1) is 0 Å². The maximum atomic E-state index is 12.8. The summed E-state index contributed by atoms with van der Waals surface area (Å²) in [7, 11) is 0. The number of primary amides is 1. The molecule has 4 nitrogen and oxygen atoms in total. The lowest BCUT2D eigenvalue weighted by molar-refractivity contribution is -0.137. The minimum absolute atomic E-state index is 0.152. The summed E-state index contributed by atoms with van der Waals surface area (Å²) in [5.74, 6) is -0.560. The molecule has 7 heteroatoms. The highest BCUT2D eigenvalue weighted by Gasteiger charge is 2.30. The molecule has 148 valence electrons. The maximum Gasteiger partial charge on any atom is 0.416 e. The zero-order valence-corrected chi connectivity index (χ0v) is 15.2. The molecule has 0 unspecified atom stereocenters. The minimum atomic E-state index is -4.39. The predicted octanol–water partition coefficient (Wildman–Crippen LogP) is 4.45. The molecule has 0 aliphatic rings. The highest BCUT2D eigenvalue weighted by Crippen LogP contribution is 2.34. The van der Waals surface area contributed by atoms with E-state index in [1.54, 1.807) is 18.2 Å². The van der Waals surface area contributed by atoms with Crippen LogP contribution in [-0.4, -0.2) is 15.6 Å². The lowest BCUT2D eigenvalue weighted by Crippen LogP contribution is -2.11. The van der Waals surface area contributed by atoms with E-state index >= 15 is 0 Å². The van der Waals surface area contributed by atoms with Crippen molar-refractivity contribution in [3.63, 3.8) is 0 Å². The van der Waals surface area contributed by atoms with Gasteiger partial charge in [0.1, 0.15) is 0 Å². The van der Waals surface area contributed by atoms with Crippen molar-refractivity contribution in [2.24, 2.45) is 5.73 Å². The molecule has 1 heterocycles. The summed E-state index contributed by atoms with van der Waals surface area (Å²) in [6.07, 6.45) is -4.39. The SMILES string of the molecule is NC(=O)c1cccc2c1c1ccc(CO)cc1n2Cc1ccc(C(F)(F)F)cc1. The van der Waals surface area contributed by atoms with Crippen LogP contribution in [0, 0.1) is 0 Å². The number of carbonyl (C=O) groups is 1. The van der Waals surface area contributed by atoms with Crippen molar-refractivity contribution in [1.82, 2.24) is 4.57 Å². The monoisotopic (exact) mass is 398 g/mol. The Labute approximate surface area is 164 Å². The zero-order chi connectivity index (χ0) is 20.8. The van der Waals surface area contributed by atoms with Crippen LogP contribution in [0.15, 0.2) is 60.7 Å². The number of halogens is 3. The second-order valence-electron chi connectivity index (χ2n) is 6.85. The Hall–Kier alpha value is -3.32. The first-order chi connectivity index (χ1) is 13.8. The standard InChI is InChI=1S/C22H17F3N2O2/c23-22(24,25)15-7-4-13(5-8-15)11-27-18-3-1-2-17(21(26)29)20(18)16-9-6-14(12-28)10-19(16)27/h1-10,28H,11-12H2,(H2,26,29). The summed E-state index contributed by atoms with van der Waals surface area (Å²) < 4.78 is 40.4. The predicted molar refractivity (Wildman–Crippen MR) is 104 cm³/mol. The number of aromatic nitrogens is 1. The van der Waals surface area contributed by atoms with Gasteiger partial charge in [0.2, 0.25) is 5.91 Å². The highest BCUT2D eigenvalue weighted by atomic mass is 19.4. The number of amides is 1. The van der Waals surface area contributed by atoms with Gasteiger partial charge in [0.15, 0.2) is 0 Å². The fraction of sp³-hybridized carbons (Fsp3) is 0.136. The molecule has 29 heavy (non-hydrogen) atoms.